The van der Waals surface area contributed by atoms with E-state index in [-0.39, 0.29) is 11.5 Å². The van der Waals surface area contributed by atoms with Crippen LogP contribution >= 0.6 is 0 Å². The van der Waals surface area contributed by atoms with E-state index in [0.717, 1.165) is 16.5 Å². The third-order valence-corrected chi connectivity index (χ3v) is 4.13. The number of hydrogen-bond acceptors (Lipinski definition) is 2. The zero-order valence-corrected chi connectivity index (χ0v) is 9.34. The highest BCUT2D eigenvalue weighted by molar-refractivity contribution is 7.90. The number of hydrogen-bond donors (Lipinski definition) is 1. The van der Waals surface area contributed by atoms with Crippen molar-refractivity contribution in [2.75, 3.05) is 5.75 Å². The molecule has 0 saturated carbocycles. The topological polar surface area (TPSA) is 49.9 Å². The molecule has 2 rings (SSSR count). The van der Waals surface area contributed by atoms with Gasteiger partial charge in [0.1, 0.15) is 0 Å². The van der Waals surface area contributed by atoms with Crippen LogP contribution in [0.5, 0.6) is 0 Å². The molecule has 0 radical (unpaired) electrons. The van der Waals surface area contributed by atoms with Gasteiger partial charge in [0.25, 0.3) is 0 Å². The van der Waals surface area contributed by atoms with Gasteiger partial charge in [0.2, 0.25) is 0 Å². The normalized spacial score (nSPS) is 12.1. The van der Waals surface area contributed by atoms with Crippen molar-refractivity contribution in [2.24, 2.45) is 0 Å². The molecule has 0 bridgehead atoms. The Balaban J connectivity index is 2.48. The molecule has 0 spiro atoms. The predicted octanol–water partition coefficient (Wildman–Crippen LogP) is 2.10. The first-order valence-corrected chi connectivity index (χ1v) is 6.70. The van der Waals surface area contributed by atoms with Gasteiger partial charge in [0, 0.05) is 22.9 Å². The van der Waals surface area contributed by atoms with E-state index in [4.69, 9.17) is 0 Å². The fourth-order valence-electron chi connectivity index (χ4n) is 1.62. The standard InChI is InChI=1S/C11H13NO2S/c1-2-15(13,14)8-9-4-3-5-11-10(9)6-7-12-11/h3-7,12H,2,8H2,1H3. The molecular weight excluding hydrogens is 210 g/mol. The minimum absolute atomic E-state index is 0.124. The molecule has 0 aliphatic carbocycles. The summed E-state index contributed by atoms with van der Waals surface area (Å²) in [7, 11) is -2.96. The Labute approximate surface area is 89.0 Å². The van der Waals surface area contributed by atoms with Crippen LogP contribution in [0.1, 0.15) is 12.5 Å². The van der Waals surface area contributed by atoms with Crippen molar-refractivity contribution in [2.45, 2.75) is 12.7 Å². The number of sulfone groups is 1. The average Bonchev–Trinajstić information content (AvgIpc) is 2.66. The summed E-state index contributed by atoms with van der Waals surface area (Å²) in [4.78, 5) is 3.07. The summed E-state index contributed by atoms with van der Waals surface area (Å²) in [6.45, 7) is 1.67. The second-order valence-electron chi connectivity index (χ2n) is 3.53. The van der Waals surface area contributed by atoms with Crippen LogP contribution in [0.3, 0.4) is 0 Å². The average molecular weight is 223 g/mol. The van der Waals surface area contributed by atoms with Crippen molar-refractivity contribution >= 4 is 20.7 Å². The number of nitrogens with one attached hydrogen (secondary N) is 1. The van der Waals surface area contributed by atoms with E-state index in [1.54, 1.807) is 6.92 Å². The first-order valence-electron chi connectivity index (χ1n) is 4.88. The highest BCUT2D eigenvalue weighted by Gasteiger charge is 2.11. The lowest BCUT2D eigenvalue weighted by Crippen LogP contribution is -2.06. The van der Waals surface area contributed by atoms with E-state index in [1.807, 2.05) is 30.5 Å². The van der Waals surface area contributed by atoms with Crippen LogP contribution in [-0.4, -0.2) is 19.2 Å². The third kappa shape index (κ3) is 2.04. The van der Waals surface area contributed by atoms with Crippen molar-refractivity contribution < 1.29 is 8.42 Å². The van der Waals surface area contributed by atoms with Crippen LogP contribution in [0.2, 0.25) is 0 Å². The molecule has 1 N–H and O–H groups in total. The lowest BCUT2D eigenvalue weighted by molar-refractivity contribution is 0.596. The molecule has 0 fully saturated rings. The molecule has 0 amide bonds. The van der Waals surface area contributed by atoms with E-state index >= 15 is 0 Å². The highest BCUT2D eigenvalue weighted by atomic mass is 32.2. The maximum Gasteiger partial charge on any atom is 0.154 e. The molecule has 15 heavy (non-hydrogen) atoms. The van der Waals surface area contributed by atoms with Gasteiger partial charge in [-0.25, -0.2) is 8.42 Å². The van der Waals surface area contributed by atoms with Gasteiger partial charge in [0.15, 0.2) is 9.84 Å². The highest BCUT2D eigenvalue weighted by Crippen LogP contribution is 2.19. The summed E-state index contributed by atoms with van der Waals surface area (Å²) in [6.07, 6.45) is 1.83. The van der Waals surface area contributed by atoms with Gasteiger partial charge in [-0.15, -0.1) is 0 Å². The van der Waals surface area contributed by atoms with Crippen LogP contribution in [0.15, 0.2) is 30.5 Å². The van der Waals surface area contributed by atoms with E-state index in [2.05, 4.69) is 4.98 Å². The maximum absolute atomic E-state index is 11.5. The molecule has 0 unspecified atom stereocenters. The van der Waals surface area contributed by atoms with Crippen LogP contribution in [0.4, 0.5) is 0 Å². The number of benzene rings is 1. The van der Waals surface area contributed by atoms with Gasteiger partial charge in [-0.2, -0.15) is 0 Å². The minimum atomic E-state index is -2.96. The van der Waals surface area contributed by atoms with E-state index in [0.29, 0.717) is 0 Å². The summed E-state index contributed by atoms with van der Waals surface area (Å²) < 4.78 is 23.0. The summed E-state index contributed by atoms with van der Waals surface area (Å²) >= 11 is 0. The van der Waals surface area contributed by atoms with E-state index < -0.39 is 9.84 Å². The van der Waals surface area contributed by atoms with Crippen molar-refractivity contribution in [1.29, 1.82) is 0 Å². The molecule has 2 aromatic rings. The molecule has 0 atom stereocenters. The third-order valence-electron chi connectivity index (χ3n) is 2.50. The van der Waals surface area contributed by atoms with E-state index in [1.165, 1.54) is 0 Å². The molecule has 0 aliphatic heterocycles. The molecule has 3 nitrogen and oxygen atoms in total. The Morgan fingerprint density at radius 3 is 2.80 bits per heavy atom. The zero-order valence-electron chi connectivity index (χ0n) is 8.53. The van der Waals surface area contributed by atoms with Crippen LogP contribution < -0.4 is 0 Å². The molecule has 1 heterocycles. The van der Waals surface area contributed by atoms with Gasteiger partial charge in [-0.1, -0.05) is 19.1 Å². The second kappa shape index (κ2) is 3.70. The van der Waals surface area contributed by atoms with Crippen LogP contribution in [0, 0.1) is 0 Å². The van der Waals surface area contributed by atoms with Gasteiger partial charge in [-0.05, 0) is 17.7 Å². The van der Waals surface area contributed by atoms with Crippen molar-refractivity contribution in [3.8, 4) is 0 Å². The minimum Gasteiger partial charge on any atom is -0.361 e. The maximum atomic E-state index is 11.5. The largest absolute Gasteiger partial charge is 0.361 e. The van der Waals surface area contributed by atoms with Crippen molar-refractivity contribution in [3.63, 3.8) is 0 Å². The number of rotatable bonds is 3. The SMILES string of the molecule is CCS(=O)(=O)Cc1cccc2[nH]ccc12. The van der Waals surface area contributed by atoms with Crippen molar-refractivity contribution in [1.82, 2.24) is 4.98 Å². The Hall–Kier alpha value is -1.29. The molecule has 0 saturated heterocycles. The van der Waals surface area contributed by atoms with Crippen LogP contribution in [-0.2, 0) is 15.6 Å². The fraction of sp³-hybridized carbons (Fsp3) is 0.273. The number of aromatic nitrogens is 1. The quantitative estimate of drug-likeness (QED) is 0.866. The number of aromatic amines is 1. The molecule has 4 heteroatoms. The first kappa shape index (κ1) is 10.2. The Bertz CT molecular complexity index is 569. The summed E-state index contributed by atoms with van der Waals surface area (Å²) in [6, 6.07) is 7.59. The Kier molecular flexibility index (Phi) is 2.52. The number of H-pyrrole nitrogens is 1. The van der Waals surface area contributed by atoms with Crippen molar-refractivity contribution in [3.05, 3.63) is 36.0 Å². The smallest absolute Gasteiger partial charge is 0.154 e. The molecule has 80 valence electrons. The lowest BCUT2D eigenvalue weighted by Gasteiger charge is -2.03. The Morgan fingerprint density at radius 2 is 2.07 bits per heavy atom. The second-order valence-corrected chi connectivity index (χ2v) is 5.89. The van der Waals surface area contributed by atoms with Gasteiger partial charge in [-0.3, -0.25) is 0 Å². The first-order chi connectivity index (χ1) is 7.12. The zero-order chi connectivity index (χ0) is 10.9. The van der Waals surface area contributed by atoms with E-state index in [9.17, 15) is 8.42 Å². The summed E-state index contributed by atoms with van der Waals surface area (Å²) in [5.74, 6) is 0.312. The fourth-order valence-corrected chi connectivity index (χ4v) is 2.55. The summed E-state index contributed by atoms with van der Waals surface area (Å²) in [5, 5.41) is 0.995. The lowest BCUT2D eigenvalue weighted by atomic mass is 10.1. The monoisotopic (exact) mass is 223 g/mol. The van der Waals surface area contributed by atoms with Gasteiger partial charge < -0.3 is 4.98 Å². The number of fused-ring (bicyclic) bond motifs is 1. The molecule has 1 aromatic heterocycles. The molecule has 1 aromatic carbocycles. The molecule has 0 aliphatic rings. The van der Waals surface area contributed by atoms with Crippen LogP contribution in [0.25, 0.3) is 10.9 Å². The van der Waals surface area contributed by atoms with Gasteiger partial charge >= 0.3 is 0 Å². The summed E-state index contributed by atoms with van der Waals surface area (Å²) in [5.41, 5.74) is 1.86. The predicted molar refractivity (Wildman–Crippen MR) is 61.5 cm³/mol. The molecular formula is C11H13NO2S. The Morgan fingerprint density at radius 1 is 1.27 bits per heavy atom. The van der Waals surface area contributed by atoms with Gasteiger partial charge in [0.05, 0.1) is 5.75 Å².